The molecule has 0 radical (unpaired) electrons. The summed E-state index contributed by atoms with van der Waals surface area (Å²) in [6, 6.07) is 5.88. The van der Waals surface area contributed by atoms with Crippen LogP contribution in [-0.4, -0.2) is 28.7 Å². The second kappa shape index (κ2) is 5.99. The van der Waals surface area contributed by atoms with Crippen LogP contribution in [0.25, 0.3) is 0 Å². The van der Waals surface area contributed by atoms with Crippen LogP contribution < -0.4 is 5.32 Å². The number of fused-ring (bicyclic) bond motifs is 1. The molecule has 1 aromatic carbocycles. The van der Waals surface area contributed by atoms with Crippen LogP contribution in [0.5, 0.6) is 0 Å². The van der Waals surface area contributed by atoms with E-state index < -0.39 is 6.04 Å². The van der Waals surface area contributed by atoms with Gasteiger partial charge in [-0.3, -0.25) is 19.3 Å². The fourth-order valence-electron chi connectivity index (χ4n) is 4.38. The van der Waals surface area contributed by atoms with Gasteiger partial charge >= 0.3 is 0 Å². The Bertz CT molecular complexity index is 741. The van der Waals surface area contributed by atoms with Crippen LogP contribution >= 0.6 is 11.6 Å². The molecule has 0 aromatic heterocycles. The van der Waals surface area contributed by atoms with E-state index in [1.54, 1.807) is 31.2 Å². The van der Waals surface area contributed by atoms with Gasteiger partial charge in [0.2, 0.25) is 17.7 Å². The van der Waals surface area contributed by atoms with Crippen LogP contribution in [0.2, 0.25) is 5.02 Å². The Labute approximate surface area is 151 Å². The van der Waals surface area contributed by atoms with Gasteiger partial charge in [-0.1, -0.05) is 23.8 Å². The Kier molecular flexibility index (Phi) is 3.91. The highest BCUT2D eigenvalue weighted by molar-refractivity contribution is 6.30. The zero-order valence-electron chi connectivity index (χ0n) is 13.8. The number of imide groups is 1. The Morgan fingerprint density at radius 1 is 1.08 bits per heavy atom. The van der Waals surface area contributed by atoms with Crippen molar-refractivity contribution in [3.63, 3.8) is 0 Å². The van der Waals surface area contributed by atoms with Crippen LogP contribution in [-0.2, 0) is 14.4 Å². The van der Waals surface area contributed by atoms with E-state index in [9.17, 15) is 14.4 Å². The van der Waals surface area contributed by atoms with Crippen molar-refractivity contribution >= 4 is 35.0 Å². The monoisotopic (exact) mass is 358 g/mol. The molecule has 1 aromatic rings. The maximum atomic E-state index is 12.9. The second-order valence-electron chi connectivity index (χ2n) is 7.06. The van der Waals surface area contributed by atoms with Gasteiger partial charge < -0.3 is 5.32 Å². The molecular weight excluding hydrogens is 340 g/mol. The summed E-state index contributed by atoms with van der Waals surface area (Å²) in [6.07, 6.45) is 6.03. The van der Waals surface area contributed by atoms with Gasteiger partial charge in [-0.05, 0) is 55.9 Å². The molecule has 1 aliphatic heterocycles. The summed E-state index contributed by atoms with van der Waals surface area (Å²) in [5.74, 6) is -1.10. The lowest BCUT2D eigenvalue weighted by molar-refractivity contribution is -0.146. The van der Waals surface area contributed by atoms with Crippen LogP contribution in [0.1, 0.15) is 19.8 Å². The Morgan fingerprint density at radius 2 is 1.60 bits per heavy atom. The minimum absolute atomic E-state index is 0.128. The summed E-state index contributed by atoms with van der Waals surface area (Å²) in [7, 11) is 0. The van der Waals surface area contributed by atoms with Gasteiger partial charge in [-0.2, -0.15) is 0 Å². The van der Waals surface area contributed by atoms with Crippen LogP contribution in [0, 0.1) is 23.7 Å². The van der Waals surface area contributed by atoms with E-state index in [0.717, 1.165) is 12.8 Å². The summed E-state index contributed by atoms with van der Waals surface area (Å²) >= 11 is 5.84. The smallest absolute Gasteiger partial charge is 0.247 e. The van der Waals surface area contributed by atoms with Crippen molar-refractivity contribution in [2.75, 3.05) is 5.32 Å². The zero-order valence-corrected chi connectivity index (χ0v) is 14.6. The molecule has 3 amide bonds. The Morgan fingerprint density at radius 3 is 2.08 bits per heavy atom. The molecule has 0 unspecified atom stereocenters. The normalized spacial score (nSPS) is 31.2. The first-order valence-electron chi connectivity index (χ1n) is 8.59. The third-order valence-electron chi connectivity index (χ3n) is 5.67. The minimum Gasteiger partial charge on any atom is -0.324 e. The lowest BCUT2D eigenvalue weighted by Crippen LogP contribution is -2.46. The number of hydrogen-bond acceptors (Lipinski definition) is 3. The van der Waals surface area contributed by atoms with Gasteiger partial charge in [0.05, 0.1) is 11.8 Å². The van der Waals surface area contributed by atoms with Gasteiger partial charge in [0.25, 0.3) is 0 Å². The van der Waals surface area contributed by atoms with Gasteiger partial charge in [0, 0.05) is 10.7 Å². The molecule has 4 aliphatic rings. The predicted molar refractivity (Wildman–Crippen MR) is 93.7 cm³/mol. The maximum Gasteiger partial charge on any atom is 0.247 e. The first-order chi connectivity index (χ1) is 12.0. The van der Waals surface area contributed by atoms with Gasteiger partial charge in [-0.25, -0.2) is 0 Å². The molecule has 2 fully saturated rings. The number of hydrogen-bond donors (Lipinski definition) is 1. The molecule has 5 atom stereocenters. The predicted octanol–water partition coefficient (Wildman–Crippen LogP) is 2.86. The molecule has 130 valence electrons. The van der Waals surface area contributed by atoms with Crippen molar-refractivity contribution in [3.8, 4) is 0 Å². The molecule has 2 bridgehead atoms. The van der Waals surface area contributed by atoms with Crippen molar-refractivity contribution in [3.05, 3.63) is 41.4 Å². The van der Waals surface area contributed by atoms with Crippen molar-refractivity contribution in [1.82, 2.24) is 4.90 Å². The number of halogens is 1. The third kappa shape index (κ3) is 2.58. The first-order valence-corrected chi connectivity index (χ1v) is 8.97. The molecule has 25 heavy (non-hydrogen) atoms. The molecular formula is C19H19ClN2O3. The molecule has 0 spiro atoms. The van der Waals surface area contributed by atoms with E-state index in [-0.39, 0.29) is 41.4 Å². The van der Waals surface area contributed by atoms with Crippen molar-refractivity contribution in [2.45, 2.75) is 25.8 Å². The fourth-order valence-corrected chi connectivity index (χ4v) is 4.50. The summed E-state index contributed by atoms with van der Waals surface area (Å²) in [5.41, 5.74) is 0.583. The number of rotatable bonds is 3. The highest BCUT2D eigenvalue weighted by Gasteiger charge is 2.58. The van der Waals surface area contributed by atoms with Crippen LogP contribution in [0.3, 0.4) is 0 Å². The molecule has 5 rings (SSSR count). The molecule has 1 heterocycles. The van der Waals surface area contributed by atoms with Gasteiger partial charge in [0.15, 0.2) is 0 Å². The highest BCUT2D eigenvalue weighted by Crippen LogP contribution is 2.49. The number of amides is 3. The molecule has 1 saturated heterocycles. The van der Waals surface area contributed by atoms with Crippen LogP contribution in [0.15, 0.2) is 36.4 Å². The Balaban J connectivity index is 1.53. The summed E-state index contributed by atoms with van der Waals surface area (Å²) in [5, 5.41) is 3.32. The van der Waals surface area contributed by atoms with Crippen molar-refractivity contribution in [1.29, 1.82) is 0 Å². The molecule has 6 heteroatoms. The number of benzene rings is 1. The SMILES string of the molecule is C[C@H](C(=O)Nc1ccc(Cl)cc1)N1C(=O)[C@@H]2[C@@H](C1=O)[C@H]1C=C[C@H]2CC1. The number of anilines is 1. The number of carbonyl (C=O) groups is 3. The van der Waals surface area contributed by atoms with E-state index >= 15 is 0 Å². The maximum absolute atomic E-state index is 12.9. The van der Waals surface area contributed by atoms with E-state index in [2.05, 4.69) is 17.5 Å². The third-order valence-corrected chi connectivity index (χ3v) is 5.92. The van der Waals surface area contributed by atoms with E-state index in [1.807, 2.05) is 0 Å². The minimum atomic E-state index is -0.833. The average Bonchev–Trinajstić information content (AvgIpc) is 2.90. The van der Waals surface area contributed by atoms with Crippen molar-refractivity contribution in [2.24, 2.45) is 23.7 Å². The summed E-state index contributed by atoms with van der Waals surface area (Å²) in [4.78, 5) is 39.4. The largest absolute Gasteiger partial charge is 0.324 e. The van der Waals surface area contributed by atoms with Crippen molar-refractivity contribution < 1.29 is 14.4 Å². The number of nitrogens with one attached hydrogen (secondary N) is 1. The molecule has 1 saturated carbocycles. The van der Waals surface area contributed by atoms with Gasteiger partial charge in [0.1, 0.15) is 6.04 Å². The van der Waals surface area contributed by atoms with E-state index in [0.29, 0.717) is 10.7 Å². The standard InChI is InChI=1S/C19H19ClN2O3/c1-10(17(23)21-14-8-6-13(20)7-9-14)22-18(24)15-11-2-3-12(5-4-11)16(15)19(22)25/h2-3,6-12,15-16H,4-5H2,1H3,(H,21,23)/t10-,11+,12+,15+,16+/m1/s1. The van der Waals surface area contributed by atoms with E-state index in [4.69, 9.17) is 11.6 Å². The molecule has 3 aliphatic carbocycles. The number of allylic oxidation sites excluding steroid dienone is 2. The molecule has 5 nitrogen and oxygen atoms in total. The second-order valence-corrected chi connectivity index (χ2v) is 7.50. The summed E-state index contributed by atoms with van der Waals surface area (Å²) < 4.78 is 0. The number of likely N-dealkylation sites (tertiary alicyclic amines) is 1. The van der Waals surface area contributed by atoms with Gasteiger partial charge in [-0.15, -0.1) is 0 Å². The average molecular weight is 359 g/mol. The Hall–Kier alpha value is -2.14. The lowest BCUT2D eigenvalue weighted by atomic mass is 9.63. The fraction of sp³-hybridized carbons (Fsp3) is 0.421. The number of carbonyl (C=O) groups excluding carboxylic acids is 3. The van der Waals surface area contributed by atoms with Crippen LogP contribution in [0.4, 0.5) is 5.69 Å². The lowest BCUT2D eigenvalue weighted by Gasteiger charge is -2.38. The first kappa shape index (κ1) is 16.3. The topological polar surface area (TPSA) is 66.5 Å². The quantitative estimate of drug-likeness (QED) is 0.667. The van der Waals surface area contributed by atoms with E-state index in [1.165, 1.54) is 4.90 Å². The molecule has 1 N–H and O–H groups in total. The highest BCUT2D eigenvalue weighted by atomic mass is 35.5. The summed E-state index contributed by atoms with van der Waals surface area (Å²) in [6.45, 7) is 1.60. The zero-order chi connectivity index (χ0) is 17.7. The number of nitrogens with zero attached hydrogens (tertiary/aromatic N) is 1.